The Labute approximate surface area is 158 Å². The van der Waals surface area contributed by atoms with Crippen molar-refractivity contribution in [2.24, 2.45) is 4.99 Å². The first-order valence-electron chi connectivity index (χ1n) is 9.47. The summed E-state index contributed by atoms with van der Waals surface area (Å²) in [5, 5.41) is 0. The zero-order valence-corrected chi connectivity index (χ0v) is 15.6. The van der Waals surface area contributed by atoms with Crippen molar-refractivity contribution < 1.29 is 18.9 Å². The maximum Gasteiger partial charge on any atom is 0.231 e. The molecule has 0 N–H and O–H groups in total. The van der Waals surface area contributed by atoms with Gasteiger partial charge in [0.25, 0.3) is 0 Å². The Morgan fingerprint density at radius 1 is 0.963 bits per heavy atom. The fourth-order valence-electron chi connectivity index (χ4n) is 4.77. The number of nitrogens with zero attached hydrogens (tertiary/aromatic N) is 1. The highest BCUT2D eigenvalue weighted by Crippen LogP contribution is 2.50. The molecule has 2 aromatic rings. The van der Waals surface area contributed by atoms with Crippen molar-refractivity contribution in [1.82, 2.24) is 0 Å². The van der Waals surface area contributed by atoms with Crippen LogP contribution >= 0.6 is 0 Å². The first-order chi connectivity index (χ1) is 13.3. The van der Waals surface area contributed by atoms with Gasteiger partial charge in [0, 0.05) is 12.1 Å². The van der Waals surface area contributed by atoms with Gasteiger partial charge < -0.3 is 18.9 Å². The molecule has 3 atom stereocenters. The van der Waals surface area contributed by atoms with Crippen LogP contribution in [0, 0.1) is 0 Å². The molecule has 3 aliphatic rings. The van der Waals surface area contributed by atoms with Crippen LogP contribution in [0.15, 0.2) is 35.3 Å². The summed E-state index contributed by atoms with van der Waals surface area (Å²) in [5.74, 6) is 3.93. The molecule has 27 heavy (non-hydrogen) atoms. The second-order valence-electron chi connectivity index (χ2n) is 7.36. The second-order valence-corrected chi connectivity index (χ2v) is 7.36. The molecule has 5 nitrogen and oxygen atoms in total. The van der Waals surface area contributed by atoms with Crippen LogP contribution in [0.1, 0.15) is 47.8 Å². The van der Waals surface area contributed by atoms with Gasteiger partial charge in [-0.2, -0.15) is 0 Å². The van der Waals surface area contributed by atoms with Crippen LogP contribution < -0.4 is 18.9 Å². The van der Waals surface area contributed by atoms with Crippen molar-refractivity contribution in [2.45, 2.75) is 37.1 Å². The number of benzene rings is 2. The first kappa shape index (κ1) is 16.5. The number of methoxy groups -OCH3 is 2. The van der Waals surface area contributed by atoms with Gasteiger partial charge >= 0.3 is 0 Å². The maximum atomic E-state index is 5.61. The average molecular weight is 365 g/mol. The highest BCUT2D eigenvalue weighted by Gasteiger charge is 2.39. The lowest BCUT2D eigenvalue weighted by Gasteiger charge is -2.40. The molecule has 140 valence electrons. The van der Waals surface area contributed by atoms with Gasteiger partial charge in [0.2, 0.25) is 6.79 Å². The number of hydrogen-bond acceptors (Lipinski definition) is 5. The lowest BCUT2D eigenvalue weighted by molar-refractivity contribution is 0.174. The topological polar surface area (TPSA) is 49.3 Å². The van der Waals surface area contributed by atoms with E-state index >= 15 is 0 Å². The Morgan fingerprint density at radius 2 is 1.78 bits per heavy atom. The summed E-state index contributed by atoms with van der Waals surface area (Å²) in [5.41, 5.74) is 3.73. The number of aliphatic imine (C=N–C) groups is 1. The van der Waals surface area contributed by atoms with Gasteiger partial charge in [-0.1, -0.05) is 12.5 Å². The van der Waals surface area contributed by atoms with Crippen molar-refractivity contribution in [3.63, 3.8) is 0 Å². The van der Waals surface area contributed by atoms with Crippen LogP contribution in [0.25, 0.3) is 0 Å². The fraction of sp³-hybridized carbons (Fsp3) is 0.409. The highest BCUT2D eigenvalue weighted by molar-refractivity contribution is 5.85. The van der Waals surface area contributed by atoms with E-state index in [4.69, 9.17) is 23.9 Å². The SMILES string of the molecule is COc1cc2c(cc1OC)C1[C@H](CCC[C@@H]1c1ccc3c(c1)OCO3)N=C2. The minimum atomic E-state index is 0.305. The predicted molar refractivity (Wildman–Crippen MR) is 103 cm³/mol. The molecule has 0 saturated heterocycles. The van der Waals surface area contributed by atoms with E-state index in [9.17, 15) is 0 Å². The van der Waals surface area contributed by atoms with E-state index in [0.29, 0.717) is 24.7 Å². The van der Waals surface area contributed by atoms with Gasteiger partial charge in [-0.05, 0) is 59.7 Å². The molecule has 0 radical (unpaired) electrons. The Balaban J connectivity index is 1.59. The minimum Gasteiger partial charge on any atom is -0.493 e. The van der Waals surface area contributed by atoms with E-state index in [1.807, 2.05) is 18.3 Å². The van der Waals surface area contributed by atoms with Gasteiger partial charge in [-0.15, -0.1) is 0 Å². The largest absolute Gasteiger partial charge is 0.493 e. The predicted octanol–water partition coefficient (Wildman–Crippen LogP) is 4.28. The third-order valence-corrected chi connectivity index (χ3v) is 6.04. The van der Waals surface area contributed by atoms with E-state index in [2.05, 4.69) is 18.2 Å². The molecular weight excluding hydrogens is 342 g/mol. The number of ether oxygens (including phenoxy) is 4. The number of fused-ring (bicyclic) bond motifs is 4. The van der Waals surface area contributed by atoms with Crippen molar-refractivity contribution in [3.8, 4) is 23.0 Å². The van der Waals surface area contributed by atoms with Gasteiger partial charge in [0.1, 0.15) is 0 Å². The lowest BCUT2D eigenvalue weighted by Crippen LogP contribution is -2.31. The third kappa shape index (κ3) is 2.64. The molecule has 0 amide bonds. The average Bonchev–Trinajstić information content (AvgIpc) is 3.19. The molecular formula is C22H23NO4. The monoisotopic (exact) mass is 365 g/mol. The zero-order chi connectivity index (χ0) is 18.4. The second kappa shape index (κ2) is 6.48. The summed E-state index contributed by atoms with van der Waals surface area (Å²) in [7, 11) is 3.36. The van der Waals surface area contributed by atoms with Crippen LogP contribution in [-0.4, -0.2) is 33.3 Å². The van der Waals surface area contributed by atoms with E-state index in [0.717, 1.165) is 41.4 Å². The number of rotatable bonds is 3. The Bertz CT molecular complexity index is 907. The van der Waals surface area contributed by atoms with Crippen LogP contribution in [0.4, 0.5) is 0 Å². The maximum absolute atomic E-state index is 5.61. The molecule has 2 aromatic carbocycles. The van der Waals surface area contributed by atoms with E-state index in [1.165, 1.54) is 17.5 Å². The third-order valence-electron chi connectivity index (χ3n) is 6.04. The van der Waals surface area contributed by atoms with Crippen molar-refractivity contribution in [1.29, 1.82) is 0 Å². The first-order valence-corrected chi connectivity index (χ1v) is 9.47. The van der Waals surface area contributed by atoms with Gasteiger partial charge in [-0.3, -0.25) is 4.99 Å². The van der Waals surface area contributed by atoms with E-state index < -0.39 is 0 Å². The highest BCUT2D eigenvalue weighted by atomic mass is 16.7. The molecule has 1 fully saturated rings. The zero-order valence-electron chi connectivity index (χ0n) is 15.6. The molecule has 2 aliphatic heterocycles. The minimum absolute atomic E-state index is 0.305. The molecule has 0 bridgehead atoms. The molecule has 1 aliphatic carbocycles. The summed E-state index contributed by atoms with van der Waals surface area (Å²) in [6.45, 7) is 0.305. The van der Waals surface area contributed by atoms with Crippen molar-refractivity contribution in [2.75, 3.05) is 21.0 Å². The molecule has 1 saturated carbocycles. The Morgan fingerprint density at radius 3 is 2.63 bits per heavy atom. The summed E-state index contributed by atoms with van der Waals surface area (Å²) in [6, 6.07) is 10.8. The smallest absolute Gasteiger partial charge is 0.231 e. The van der Waals surface area contributed by atoms with Crippen LogP contribution in [0.3, 0.4) is 0 Å². The quantitative estimate of drug-likeness (QED) is 0.814. The van der Waals surface area contributed by atoms with Crippen LogP contribution in [0.2, 0.25) is 0 Å². The molecule has 0 aromatic heterocycles. The van der Waals surface area contributed by atoms with Crippen LogP contribution in [-0.2, 0) is 0 Å². The molecule has 0 spiro atoms. The molecule has 5 heteroatoms. The normalized spacial score (nSPS) is 24.9. The summed E-state index contributed by atoms with van der Waals surface area (Å²) in [6.07, 6.45) is 5.45. The van der Waals surface area contributed by atoms with Crippen molar-refractivity contribution in [3.05, 3.63) is 47.0 Å². The molecule has 2 heterocycles. The molecule has 1 unspecified atom stereocenters. The standard InChI is InChI=1S/C22H23NO4/c1-24-19-9-14-11-23-17-5-3-4-15(22(17)16(14)10-20(19)25-2)13-6-7-18-21(8-13)27-12-26-18/h6-11,15,17,22H,3-5,12H2,1-2H3/t15-,17+,22?/m1/s1. The number of hydrogen-bond donors (Lipinski definition) is 0. The van der Waals surface area contributed by atoms with Crippen molar-refractivity contribution >= 4 is 6.21 Å². The summed E-state index contributed by atoms with van der Waals surface area (Å²) >= 11 is 0. The summed E-state index contributed by atoms with van der Waals surface area (Å²) in [4.78, 5) is 4.89. The van der Waals surface area contributed by atoms with Gasteiger partial charge in [-0.25, -0.2) is 0 Å². The molecule has 5 rings (SSSR count). The van der Waals surface area contributed by atoms with Crippen LogP contribution in [0.5, 0.6) is 23.0 Å². The summed E-state index contributed by atoms with van der Waals surface area (Å²) < 4.78 is 22.2. The van der Waals surface area contributed by atoms with Gasteiger partial charge in [0.15, 0.2) is 23.0 Å². The Kier molecular flexibility index (Phi) is 3.96. The van der Waals surface area contributed by atoms with Gasteiger partial charge in [0.05, 0.1) is 20.3 Å². The van der Waals surface area contributed by atoms with E-state index in [-0.39, 0.29) is 0 Å². The Hall–Kier alpha value is -2.69. The fourth-order valence-corrected chi connectivity index (χ4v) is 4.77. The van der Waals surface area contributed by atoms with E-state index in [1.54, 1.807) is 14.2 Å². The lowest BCUT2D eigenvalue weighted by atomic mass is 9.68.